The van der Waals surface area contributed by atoms with Crippen LogP contribution >= 0.6 is 0 Å². The third-order valence-electron chi connectivity index (χ3n) is 4.59. The van der Waals surface area contributed by atoms with E-state index in [2.05, 4.69) is 20.1 Å². The van der Waals surface area contributed by atoms with Crippen LogP contribution in [0.15, 0.2) is 41.4 Å². The minimum atomic E-state index is 0.0615. The van der Waals surface area contributed by atoms with E-state index in [0.717, 1.165) is 12.8 Å². The van der Waals surface area contributed by atoms with Crippen LogP contribution in [0.3, 0.4) is 0 Å². The highest BCUT2D eigenvalue weighted by Gasteiger charge is 2.25. The van der Waals surface area contributed by atoms with Crippen molar-refractivity contribution in [3.63, 3.8) is 0 Å². The second-order valence-corrected chi connectivity index (χ2v) is 6.41. The van der Waals surface area contributed by atoms with Crippen molar-refractivity contribution < 1.29 is 14.1 Å². The predicted molar refractivity (Wildman–Crippen MR) is 94.5 cm³/mol. The molecule has 3 aromatic rings. The van der Waals surface area contributed by atoms with Crippen LogP contribution in [0.1, 0.15) is 29.2 Å². The van der Waals surface area contributed by atoms with Crippen molar-refractivity contribution >= 4 is 5.91 Å². The zero-order valence-electron chi connectivity index (χ0n) is 15.0. The Hall–Kier alpha value is -3.07. The molecule has 4 rings (SSSR count). The van der Waals surface area contributed by atoms with E-state index in [1.807, 2.05) is 34.8 Å². The molecule has 0 N–H and O–H groups in total. The molecule has 3 aromatic heterocycles. The fourth-order valence-electron chi connectivity index (χ4n) is 3.09. The van der Waals surface area contributed by atoms with Crippen molar-refractivity contribution in [2.75, 3.05) is 13.1 Å². The highest BCUT2D eigenvalue weighted by atomic mass is 16.5. The summed E-state index contributed by atoms with van der Waals surface area (Å²) in [5.74, 6) is 0.856. The average molecular weight is 368 g/mol. The maximum absolute atomic E-state index is 12.5. The molecule has 0 aliphatic carbocycles. The van der Waals surface area contributed by atoms with Crippen LogP contribution in [0.4, 0.5) is 0 Å². The van der Waals surface area contributed by atoms with Crippen LogP contribution in [-0.4, -0.2) is 54.7 Å². The van der Waals surface area contributed by atoms with Gasteiger partial charge in [0.1, 0.15) is 18.0 Å². The molecule has 27 heavy (non-hydrogen) atoms. The quantitative estimate of drug-likeness (QED) is 0.675. The number of ether oxygens (including phenoxy) is 1. The molecule has 4 heterocycles. The van der Waals surface area contributed by atoms with Gasteiger partial charge >= 0.3 is 0 Å². The normalized spacial score (nSPS) is 15.2. The van der Waals surface area contributed by atoms with E-state index in [0.29, 0.717) is 36.2 Å². The number of nitrogens with zero attached hydrogens (tertiary/aromatic N) is 6. The number of carbonyl (C=O) groups excluding carboxylic acids is 1. The van der Waals surface area contributed by atoms with Gasteiger partial charge in [0.25, 0.3) is 11.8 Å². The summed E-state index contributed by atoms with van der Waals surface area (Å²) in [6, 6.07) is 3.72. The number of likely N-dealkylation sites (tertiary alicyclic amines) is 1. The fraction of sp³-hybridized carbons (Fsp3) is 0.389. The molecule has 140 valence electrons. The summed E-state index contributed by atoms with van der Waals surface area (Å²) in [6.07, 6.45) is 8.24. The van der Waals surface area contributed by atoms with E-state index in [1.54, 1.807) is 18.6 Å². The molecule has 1 aliphatic heterocycles. The first-order chi connectivity index (χ1) is 13.2. The van der Waals surface area contributed by atoms with Gasteiger partial charge in [-0.25, -0.2) is 4.98 Å². The highest BCUT2D eigenvalue weighted by Crippen LogP contribution is 2.18. The molecule has 1 aliphatic rings. The smallest absolute Gasteiger partial charge is 0.270 e. The number of piperidine rings is 1. The van der Waals surface area contributed by atoms with Gasteiger partial charge in [-0.05, 0) is 25.0 Å². The first-order valence-corrected chi connectivity index (χ1v) is 8.82. The maximum Gasteiger partial charge on any atom is 0.270 e. The van der Waals surface area contributed by atoms with Crippen LogP contribution in [0.5, 0.6) is 0 Å². The summed E-state index contributed by atoms with van der Waals surface area (Å²) >= 11 is 0. The number of amides is 1. The Morgan fingerprint density at radius 3 is 2.89 bits per heavy atom. The van der Waals surface area contributed by atoms with Crippen LogP contribution in [0.25, 0.3) is 11.5 Å². The minimum absolute atomic E-state index is 0.0615. The molecule has 1 saturated heterocycles. The molecular formula is C18H20N6O3. The predicted octanol–water partition coefficient (Wildman–Crippen LogP) is 1.69. The zero-order chi connectivity index (χ0) is 18.6. The molecule has 1 amide bonds. The zero-order valence-corrected chi connectivity index (χ0v) is 15.0. The number of carbonyl (C=O) groups is 1. The topological polar surface area (TPSA) is 99.2 Å². The van der Waals surface area contributed by atoms with Crippen LogP contribution < -0.4 is 0 Å². The van der Waals surface area contributed by atoms with E-state index in [9.17, 15) is 4.79 Å². The summed E-state index contributed by atoms with van der Waals surface area (Å²) in [7, 11) is 1.88. The fourth-order valence-corrected chi connectivity index (χ4v) is 3.09. The number of aromatic nitrogens is 5. The van der Waals surface area contributed by atoms with E-state index in [4.69, 9.17) is 9.26 Å². The second kappa shape index (κ2) is 7.67. The lowest BCUT2D eigenvalue weighted by atomic mass is 10.1. The Balaban J connectivity index is 1.27. The van der Waals surface area contributed by atoms with Gasteiger partial charge in [0.2, 0.25) is 5.82 Å². The van der Waals surface area contributed by atoms with Crippen LogP contribution in [-0.2, 0) is 18.4 Å². The van der Waals surface area contributed by atoms with E-state index >= 15 is 0 Å². The van der Waals surface area contributed by atoms with Gasteiger partial charge in [0, 0.05) is 38.7 Å². The van der Waals surface area contributed by atoms with Crippen LogP contribution in [0, 0.1) is 0 Å². The monoisotopic (exact) mass is 368 g/mol. The first kappa shape index (κ1) is 17.3. The summed E-state index contributed by atoms with van der Waals surface area (Å²) in [5.41, 5.74) is 1.26. The van der Waals surface area contributed by atoms with Gasteiger partial charge in [-0.3, -0.25) is 9.78 Å². The molecule has 0 spiro atoms. The van der Waals surface area contributed by atoms with Gasteiger partial charge in [-0.2, -0.15) is 4.98 Å². The molecule has 0 atom stereocenters. The third-order valence-corrected chi connectivity index (χ3v) is 4.59. The first-order valence-electron chi connectivity index (χ1n) is 8.82. The summed E-state index contributed by atoms with van der Waals surface area (Å²) < 4.78 is 12.9. The van der Waals surface area contributed by atoms with Crippen molar-refractivity contribution in [3.05, 3.63) is 48.5 Å². The Morgan fingerprint density at radius 2 is 2.19 bits per heavy atom. The van der Waals surface area contributed by atoms with Crippen molar-refractivity contribution in [3.8, 4) is 11.5 Å². The Kier molecular flexibility index (Phi) is 4.93. The molecule has 0 aromatic carbocycles. The van der Waals surface area contributed by atoms with Crippen LogP contribution in [0.2, 0.25) is 0 Å². The van der Waals surface area contributed by atoms with E-state index in [1.165, 1.54) is 0 Å². The largest absolute Gasteiger partial charge is 0.368 e. The van der Waals surface area contributed by atoms with Gasteiger partial charge in [0.15, 0.2) is 0 Å². The maximum atomic E-state index is 12.5. The molecular weight excluding hydrogens is 348 g/mol. The summed E-state index contributed by atoms with van der Waals surface area (Å²) in [5, 5.41) is 3.90. The summed E-state index contributed by atoms with van der Waals surface area (Å²) in [6.45, 7) is 1.58. The minimum Gasteiger partial charge on any atom is -0.368 e. The van der Waals surface area contributed by atoms with Crippen molar-refractivity contribution in [2.24, 2.45) is 7.05 Å². The standard InChI is InChI=1S/C18H20N6O3/c1-23-8-2-3-15(23)18(25)24-9-4-13(5-10-24)26-12-16-21-17(22-27-16)14-11-19-6-7-20-14/h2-3,6-8,11,13H,4-5,9-10,12H2,1H3. The Labute approximate surface area is 156 Å². The van der Waals surface area contributed by atoms with Crippen molar-refractivity contribution in [1.82, 2.24) is 29.6 Å². The SMILES string of the molecule is Cn1cccc1C(=O)N1CCC(OCc2nc(-c3cnccn3)no2)CC1. The van der Waals surface area contributed by atoms with E-state index in [-0.39, 0.29) is 18.6 Å². The Bertz CT molecular complexity index is 899. The van der Waals surface area contributed by atoms with E-state index < -0.39 is 0 Å². The lowest BCUT2D eigenvalue weighted by Gasteiger charge is -2.31. The Morgan fingerprint density at radius 1 is 1.33 bits per heavy atom. The van der Waals surface area contributed by atoms with Crippen molar-refractivity contribution in [2.45, 2.75) is 25.6 Å². The molecule has 0 bridgehead atoms. The lowest BCUT2D eigenvalue weighted by molar-refractivity contribution is -0.00994. The second-order valence-electron chi connectivity index (χ2n) is 6.41. The van der Waals surface area contributed by atoms with Gasteiger partial charge in [-0.1, -0.05) is 5.16 Å². The molecule has 0 radical (unpaired) electrons. The van der Waals surface area contributed by atoms with Gasteiger partial charge in [-0.15, -0.1) is 0 Å². The molecule has 9 heteroatoms. The van der Waals surface area contributed by atoms with Crippen molar-refractivity contribution in [1.29, 1.82) is 0 Å². The molecule has 0 saturated carbocycles. The lowest BCUT2D eigenvalue weighted by Crippen LogP contribution is -2.41. The number of rotatable bonds is 5. The third kappa shape index (κ3) is 3.87. The number of hydrogen-bond donors (Lipinski definition) is 0. The number of aryl methyl sites for hydroxylation is 1. The average Bonchev–Trinajstić information content (AvgIpc) is 3.36. The molecule has 9 nitrogen and oxygen atoms in total. The van der Waals surface area contributed by atoms with Gasteiger partial charge < -0.3 is 18.7 Å². The summed E-state index contributed by atoms with van der Waals surface area (Å²) in [4.78, 5) is 26.8. The molecule has 1 fully saturated rings. The van der Waals surface area contributed by atoms with Gasteiger partial charge in [0.05, 0.1) is 12.3 Å². The highest BCUT2D eigenvalue weighted by molar-refractivity contribution is 5.92. The molecule has 0 unspecified atom stereocenters. The number of hydrogen-bond acceptors (Lipinski definition) is 7.